The van der Waals surface area contributed by atoms with Gasteiger partial charge in [-0.3, -0.25) is 0 Å². The van der Waals surface area contributed by atoms with Gasteiger partial charge in [0.1, 0.15) is 0 Å². The zero-order valence-electron chi connectivity index (χ0n) is 8.69. The van der Waals surface area contributed by atoms with Crippen LogP contribution in [0.3, 0.4) is 0 Å². The molecule has 3 rings (SSSR count). The van der Waals surface area contributed by atoms with E-state index in [2.05, 4.69) is 0 Å². The van der Waals surface area contributed by atoms with Gasteiger partial charge >= 0.3 is 0 Å². The van der Waals surface area contributed by atoms with Crippen LogP contribution in [0.5, 0.6) is 0 Å². The molecule has 0 amide bonds. The van der Waals surface area contributed by atoms with Crippen LogP contribution in [-0.2, 0) is 4.74 Å². The molecule has 1 N–H and O–H groups in total. The van der Waals surface area contributed by atoms with E-state index in [1.54, 1.807) is 0 Å². The van der Waals surface area contributed by atoms with Gasteiger partial charge in [-0.05, 0) is 55.8 Å². The summed E-state index contributed by atoms with van der Waals surface area (Å²) in [6.45, 7) is 0.720. The van der Waals surface area contributed by atoms with Crippen LogP contribution in [0.4, 0.5) is 0 Å². The number of hydrogen-bond donors (Lipinski definition) is 1. The minimum absolute atomic E-state index is 0.179. The van der Waals surface area contributed by atoms with Crippen LogP contribution in [0.2, 0.25) is 0 Å². The topological polar surface area (TPSA) is 29.5 Å². The summed E-state index contributed by atoms with van der Waals surface area (Å²) in [5.41, 5.74) is 0. The Bertz CT molecular complexity index is 198. The largest absolute Gasteiger partial charge is 0.394 e. The second kappa shape index (κ2) is 3.49. The molecule has 0 aromatic carbocycles. The van der Waals surface area contributed by atoms with E-state index in [9.17, 15) is 0 Å². The van der Waals surface area contributed by atoms with E-state index < -0.39 is 0 Å². The van der Waals surface area contributed by atoms with Gasteiger partial charge in [-0.2, -0.15) is 0 Å². The van der Waals surface area contributed by atoms with Crippen LogP contribution >= 0.6 is 0 Å². The van der Waals surface area contributed by atoms with Gasteiger partial charge in [0.15, 0.2) is 0 Å². The SMILES string of the molecule is OCCOC1CC2C3CCC(C3)C2C1. The van der Waals surface area contributed by atoms with E-state index in [1.165, 1.54) is 32.1 Å². The van der Waals surface area contributed by atoms with Gasteiger partial charge in [0.25, 0.3) is 0 Å². The molecular formula is C12H20O2. The summed E-state index contributed by atoms with van der Waals surface area (Å²) < 4.78 is 5.66. The summed E-state index contributed by atoms with van der Waals surface area (Å²) in [6, 6.07) is 0. The molecule has 0 saturated heterocycles. The Hall–Kier alpha value is -0.0800. The lowest BCUT2D eigenvalue weighted by molar-refractivity contribution is 0.0268. The molecule has 2 heteroatoms. The lowest BCUT2D eigenvalue weighted by Gasteiger charge is -2.23. The Morgan fingerprint density at radius 1 is 1.00 bits per heavy atom. The standard InChI is InChI=1S/C12H20O2/c13-3-4-14-10-6-11-8-1-2-9(5-8)12(11)7-10/h8-13H,1-7H2. The summed E-state index contributed by atoms with van der Waals surface area (Å²) in [5.74, 6) is 4.04. The van der Waals surface area contributed by atoms with Gasteiger partial charge in [-0.15, -0.1) is 0 Å². The van der Waals surface area contributed by atoms with E-state index >= 15 is 0 Å². The molecule has 3 aliphatic rings. The Balaban J connectivity index is 1.60. The number of fused-ring (bicyclic) bond motifs is 5. The number of aliphatic hydroxyl groups excluding tert-OH is 1. The molecule has 0 spiro atoms. The first-order valence-corrected chi connectivity index (χ1v) is 6.11. The van der Waals surface area contributed by atoms with E-state index in [-0.39, 0.29) is 6.61 Å². The van der Waals surface area contributed by atoms with Crippen molar-refractivity contribution in [1.82, 2.24) is 0 Å². The Morgan fingerprint density at radius 2 is 1.64 bits per heavy atom. The van der Waals surface area contributed by atoms with Gasteiger partial charge in [-0.1, -0.05) is 0 Å². The summed E-state index contributed by atoms with van der Waals surface area (Å²) in [5, 5.41) is 8.72. The highest BCUT2D eigenvalue weighted by atomic mass is 16.5. The summed E-state index contributed by atoms with van der Waals surface area (Å²) in [6.07, 6.45) is 7.53. The fourth-order valence-electron chi connectivity index (χ4n) is 4.32. The van der Waals surface area contributed by atoms with Gasteiger partial charge in [0.05, 0.1) is 19.3 Å². The smallest absolute Gasteiger partial charge is 0.0701 e. The summed E-state index contributed by atoms with van der Waals surface area (Å²) in [4.78, 5) is 0. The van der Waals surface area contributed by atoms with Crippen molar-refractivity contribution >= 4 is 0 Å². The van der Waals surface area contributed by atoms with Crippen molar-refractivity contribution in [2.45, 2.75) is 38.2 Å². The van der Waals surface area contributed by atoms with Crippen molar-refractivity contribution in [2.75, 3.05) is 13.2 Å². The van der Waals surface area contributed by atoms with Crippen LogP contribution in [0.25, 0.3) is 0 Å². The molecule has 14 heavy (non-hydrogen) atoms. The maximum atomic E-state index is 8.72. The third-order valence-corrected chi connectivity index (χ3v) is 4.79. The van der Waals surface area contributed by atoms with E-state index in [1.807, 2.05) is 0 Å². The monoisotopic (exact) mass is 196 g/mol. The quantitative estimate of drug-likeness (QED) is 0.746. The predicted molar refractivity (Wildman–Crippen MR) is 53.9 cm³/mol. The van der Waals surface area contributed by atoms with Crippen molar-refractivity contribution in [3.8, 4) is 0 Å². The van der Waals surface area contributed by atoms with Gasteiger partial charge in [0.2, 0.25) is 0 Å². The highest BCUT2D eigenvalue weighted by Gasteiger charge is 2.51. The highest BCUT2D eigenvalue weighted by molar-refractivity contribution is 5.01. The zero-order chi connectivity index (χ0) is 9.54. The van der Waals surface area contributed by atoms with Gasteiger partial charge in [0, 0.05) is 0 Å². The second-order valence-corrected chi connectivity index (χ2v) is 5.35. The minimum atomic E-state index is 0.179. The minimum Gasteiger partial charge on any atom is -0.394 e. The molecule has 3 aliphatic carbocycles. The Morgan fingerprint density at radius 3 is 2.21 bits per heavy atom. The van der Waals surface area contributed by atoms with Crippen molar-refractivity contribution in [3.63, 3.8) is 0 Å². The second-order valence-electron chi connectivity index (χ2n) is 5.35. The first kappa shape index (κ1) is 9.17. The average molecular weight is 196 g/mol. The molecule has 2 bridgehead atoms. The molecule has 4 atom stereocenters. The molecule has 3 fully saturated rings. The Kier molecular flexibility index (Phi) is 2.29. The molecular weight excluding hydrogens is 176 g/mol. The summed E-state index contributed by atoms with van der Waals surface area (Å²) in [7, 11) is 0. The first-order valence-electron chi connectivity index (χ1n) is 6.11. The third-order valence-electron chi connectivity index (χ3n) is 4.79. The fourth-order valence-corrected chi connectivity index (χ4v) is 4.32. The van der Waals surface area contributed by atoms with E-state index in [0.29, 0.717) is 12.7 Å². The zero-order valence-corrected chi connectivity index (χ0v) is 8.69. The fraction of sp³-hybridized carbons (Fsp3) is 1.00. The maximum Gasteiger partial charge on any atom is 0.0701 e. The van der Waals surface area contributed by atoms with E-state index in [4.69, 9.17) is 9.84 Å². The molecule has 0 aromatic heterocycles. The predicted octanol–water partition coefficient (Wildman–Crippen LogP) is 1.82. The summed E-state index contributed by atoms with van der Waals surface area (Å²) >= 11 is 0. The molecule has 0 aromatic rings. The third kappa shape index (κ3) is 1.31. The number of rotatable bonds is 3. The van der Waals surface area contributed by atoms with Crippen LogP contribution in [0.1, 0.15) is 32.1 Å². The van der Waals surface area contributed by atoms with Crippen LogP contribution in [0.15, 0.2) is 0 Å². The maximum absolute atomic E-state index is 8.72. The molecule has 2 nitrogen and oxygen atoms in total. The average Bonchev–Trinajstić information content (AvgIpc) is 2.85. The van der Waals surface area contributed by atoms with Crippen molar-refractivity contribution < 1.29 is 9.84 Å². The molecule has 3 saturated carbocycles. The lowest BCUT2D eigenvalue weighted by atomic mass is 9.82. The normalized spacial score (nSPS) is 49.9. The van der Waals surface area contributed by atoms with Crippen molar-refractivity contribution in [1.29, 1.82) is 0 Å². The molecule has 4 unspecified atom stereocenters. The van der Waals surface area contributed by atoms with Crippen LogP contribution in [-0.4, -0.2) is 24.4 Å². The number of ether oxygens (including phenoxy) is 1. The number of hydrogen-bond acceptors (Lipinski definition) is 2. The number of aliphatic hydroxyl groups is 1. The molecule has 0 aliphatic heterocycles. The molecule has 0 radical (unpaired) electrons. The first-order chi connectivity index (χ1) is 6.88. The van der Waals surface area contributed by atoms with Crippen LogP contribution in [0, 0.1) is 23.7 Å². The highest BCUT2D eigenvalue weighted by Crippen LogP contribution is 2.59. The van der Waals surface area contributed by atoms with Crippen LogP contribution < -0.4 is 0 Å². The van der Waals surface area contributed by atoms with E-state index in [0.717, 1.165) is 23.7 Å². The van der Waals surface area contributed by atoms with Gasteiger partial charge in [-0.25, -0.2) is 0 Å². The molecule has 0 heterocycles. The van der Waals surface area contributed by atoms with Crippen molar-refractivity contribution in [2.24, 2.45) is 23.7 Å². The molecule has 80 valence electrons. The van der Waals surface area contributed by atoms with Crippen molar-refractivity contribution in [3.05, 3.63) is 0 Å². The van der Waals surface area contributed by atoms with Gasteiger partial charge < -0.3 is 9.84 Å². The lowest BCUT2D eigenvalue weighted by Crippen LogP contribution is -2.15. The Labute approximate surface area is 85.6 Å².